The molecular formula is C15H28. The zero-order valence-electron chi connectivity index (χ0n) is 11.3. The SMILES string of the molecule is CC1(C)CCC2CCCCC2(C)C1(C)C. The third-order valence-corrected chi connectivity index (χ3v) is 6.64. The molecule has 0 heteroatoms. The Balaban J connectivity index is 2.36. The predicted octanol–water partition coefficient (Wildman–Crippen LogP) is 5.03. The van der Waals surface area contributed by atoms with Crippen LogP contribution < -0.4 is 0 Å². The summed E-state index contributed by atoms with van der Waals surface area (Å²) in [6.07, 6.45) is 8.82. The van der Waals surface area contributed by atoms with E-state index < -0.39 is 0 Å². The Morgan fingerprint density at radius 1 is 0.800 bits per heavy atom. The molecule has 2 unspecified atom stereocenters. The van der Waals surface area contributed by atoms with Crippen LogP contribution >= 0.6 is 0 Å². The van der Waals surface area contributed by atoms with Gasteiger partial charge in [-0.15, -0.1) is 0 Å². The standard InChI is InChI=1S/C15H28/c1-13(2)11-9-12-8-6-7-10-15(12,5)14(13,3)4/h12H,6-11H2,1-5H3. The minimum absolute atomic E-state index is 0.503. The molecule has 0 spiro atoms. The fourth-order valence-corrected chi connectivity index (χ4v) is 4.31. The molecule has 0 nitrogen and oxygen atoms in total. The number of fused-ring (bicyclic) bond motifs is 1. The summed E-state index contributed by atoms with van der Waals surface area (Å²) in [5, 5.41) is 0. The smallest absolute Gasteiger partial charge is 0.0241 e. The molecule has 2 aliphatic rings. The minimum atomic E-state index is 0.503. The Morgan fingerprint density at radius 3 is 2.13 bits per heavy atom. The van der Waals surface area contributed by atoms with Crippen LogP contribution in [0.2, 0.25) is 0 Å². The summed E-state index contributed by atoms with van der Waals surface area (Å²) in [5.74, 6) is 1.01. The molecule has 0 heterocycles. The molecule has 0 aromatic heterocycles. The van der Waals surface area contributed by atoms with E-state index in [-0.39, 0.29) is 0 Å². The molecule has 2 rings (SSSR count). The minimum Gasteiger partial charge on any atom is -0.0594 e. The molecule has 88 valence electrons. The first kappa shape index (κ1) is 11.5. The molecule has 0 aliphatic heterocycles. The molecular weight excluding hydrogens is 180 g/mol. The van der Waals surface area contributed by atoms with Gasteiger partial charge in [0.05, 0.1) is 0 Å². The first-order chi connectivity index (χ1) is 6.81. The molecule has 2 atom stereocenters. The van der Waals surface area contributed by atoms with Crippen molar-refractivity contribution in [2.45, 2.75) is 73.1 Å². The van der Waals surface area contributed by atoms with Crippen molar-refractivity contribution in [1.82, 2.24) is 0 Å². The summed E-state index contributed by atoms with van der Waals surface area (Å²) < 4.78 is 0. The third kappa shape index (κ3) is 1.40. The quantitative estimate of drug-likeness (QED) is 0.524. The molecule has 0 N–H and O–H groups in total. The van der Waals surface area contributed by atoms with Crippen molar-refractivity contribution >= 4 is 0 Å². The Hall–Kier alpha value is 0. The zero-order valence-corrected chi connectivity index (χ0v) is 11.3. The van der Waals surface area contributed by atoms with Crippen LogP contribution in [0.3, 0.4) is 0 Å². The highest BCUT2D eigenvalue weighted by Crippen LogP contribution is 2.65. The average molecular weight is 208 g/mol. The highest BCUT2D eigenvalue weighted by atomic mass is 14.6. The van der Waals surface area contributed by atoms with Crippen LogP contribution in [0.5, 0.6) is 0 Å². The van der Waals surface area contributed by atoms with E-state index >= 15 is 0 Å². The average Bonchev–Trinajstić information content (AvgIpc) is 2.14. The van der Waals surface area contributed by atoms with Crippen molar-refractivity contribution in [3.05, 3.63) is 0 Å². The number of hydrogen-bond donors (Lipinski definition) is 0. The fraction of sp³-hybridized carbons (Fsp3) is 1.00. The van der Waals surface area contributed by atoms with Crippen molar-refractivity contribution in [1.29, 1.82) is 0 Å². The van der Waals surface area contributed by atoms with E-state index in [1.54, 1.807) is 0 Å². The van der Waals surface area contributed by atoms with E-state index in [0.717, 1.165) is 5.92 Å². The fourth-order valence-electron chi connectivity index (χ4n) is 4.31. The molecule has 0 saturated heterocycles. The lowest BCUT2D eigenvalue weighted by Crippen LogP contribution is -2.54. The van der Waals surface area contributed by atoms with Gasteiger partial charge < -0.3 is 0 Å². The summed E-state index contributed by atoms with van der Waals surface area (Å²) >= 11 is 0. The third-order valence-electron chi connectivity index (χ3n) is 6.64. The van der Waals surface area contributed by atoms with E-state index in [2.05, 4.69) is 34.6 Å². The Labute approximate surface area is 95.8 Å². The van der Waals surface area contributed by atoms with Gasteiger partial charge in [-0.25, -0.2) is 0 Å². The summed E-state index contributed by atoms with van der Waals surface area (Å²) in [7, 11) is 0. The molecule has 2 fully saturated rings. The molecule has 2 saturated carbocycles. The first-order valence-electron chi connectivity index (χ1n) is 6.81. The van der Waals surface area contributed by atoms with Gasteiger partial charge in [0.1, 0.15) is 0 Å². The van der Waals surface area contributed by atoms with Gasteiger partial charge >= 0.3 is 0 Å². The molecule has 0 aromatic rings. The topological polar surface area (TPSA) is 0 Å². The molecule has 0 radical (unpaired) electrons. The number of hydrogen-bond acceptors (Lipinski definition) is 0. The van der Waals surface area contributed by atoms with E-state index in [4.69, 9.17) is 0 Å². The van der Waals surface area contributed by atoms with Crippen molar-refractivity contribution in [3.8, 4) is 0 Å². The van der Waals surface area contributed by atoms with Crippen molar-refractivity contribution in [2.24, 2.45) is 22.2 Å². The molecule has 0 aromatic carbocycles. The maximum atomic E-state index is 2.58. The van der Waals surface area contributed by atoms with Crippen molar-refractivity contribution in [2.75, 3.05) is 0 Å². The van der Waals surface area contributed by atoms with E-state index in [0.29, 0.717) is 16.2 Å². The largest absolute Gasteiger partial charge is 0.0594 e. The zero-order chi connectivity index (χ0) is 11.3. The summed E-state index contributed by atoms with van der Waals surface area (Å²) in [5.41, 5.74) is 1.63. The second-order valence-electron chi connectivity index (χ2n) is 7.41. The van der Waals surface area contributed by atoms with Gasteiger partial charge in [-0.2, -0.15) is 0 Å². The van der Waals surface area contributed by atoms with Crippen LogP contribution in [-0.2, 0) is 0 Å². The van der Waals surface area contributed by atoms with Crippen LogP contribution in [0, 0.1) is 22.2 Å². The highest BCUT2D eigenvalue weighted by Gasteiger charge is 2.57. The Kier molecular flexibility index (Phi) is 2.48. The van der Waals surface area contributed by atoms with Crippen LogP contribution in [-0.4, -0.2) is 0 Å². The summed E-state index contributed by atoms with van der Waals surface area (Å²) in [4.78, 5) is 0. The second kappa shape index (κ2) is 3.25. The lowest BCUT2D eigenvalue weighted by atomic mass is 9.42. The van der Waals surface area contributed by atoms with Crippen LogP contribution in [0.4, 0.5) is 0 Å². The summed E-state index contributed by atoms with van der Waals surface area (Å²) in [6, 6.07) is 0. The highest BCUT2D eigenvalue weighted by molar-refractivity contribution is 5.06. The van der Waals surface area contributed by atoms with Gasteiger partial charge in [0.15, 0.2) is 0 Å². The molecule has 2 aliphatic carbocycles. The first-order valence-corrected chi connectivity index (χ1v) is 6.81. The van der Waals surface area contributed by atoms with E-state index in [9.17, 15) is 0 Å². The lowest BCUT2D eigenvalue weighted by Gasteiger charge is -2.63. The Bertz CT molecular complexity index is 249. The van der Waals surface area contributed by atoms with E-state index in [1.165, 1.54) is 38.5 Å². The maximum Gasteiger partial charge on any atom is -0.0241 e. The predicted molar refractivity (Wildman–Crippen MR) is 66.9 cm³/mol. The monoisotopic (exact) mass is 208 g/mol. The van der Waals surface area contributed by atoms with Crippen LogP contribution in [0.1, 0.15) is 73.1 Å². The molecule has 0 amide bonds. The number of rotatable bonds is 0. The normalized spacial score (nSPS) is 43.4. The molecule has 15 heavy (non-hydrogen) atoms. The Morgan fingerprint density at radius 2 is 1.47 bits per heavy atom. The molecule has 0 bridgehead atoms. The van der Waals surface area contributed by atoms with Crippen molar-refractivity contribution < 1.29 is 0 Å². The van der Waals surface area contributed by atoms with Gasteiger partial charge in [0.2, 0.25) is 0 Å². The van der Waals surface area contributed by atoms with Gasteiger partial charge in [-0.05, 0) is 47.8 Å². The van der Waals surface area contributed by atoms with Crippen LogP contribution in [0.15, 0.2) is 0 Å². The maximum absolute atomic E-state index is 2.58. The van der Waals surface area contributed by atoms with Gasteiger partial charge in [-0.1, -0.05) is 47.5 Å². The summed E-state index contributed by atoms with van der Waals surface area (Å²) in [6.45, 7) is 12.6. The second-order valence-corrected chi connectivity index (χ2v) is 7.41. The van der Waals surface area contributed by atoms with Crippen LogP contribution in [0.25, 0.3) is 0 Å². The van der Waals surface area contributed by atoms with Gasteiger partial charge in [0, 0.05) is 0 Å². The lowest BCUT2D eigenvalue weighted by molar-refractivity contribution is -0.134. The van der Waals surface area contributed by atoms with Gasteiger partial charge in [-0.3, -0.25) is 0 Å². The van der Waals surface area contributed by atoms with E-state index in [1.807, 2.05) is 0 Å². The van der Waals surface area contributed by atoms with Crippen molar-refractivity contribution in [3.63, 3.8) is 0 Å². The van der Waals surface area contributed by atoms with Gasteiger partial charge in [0.25, 0.3) is 0 Å².